The minimum absolute atomic E-state index is 0.0987. The standard InChI is InChI=1S/C32H30F6N8O4/c33-22-11-17(1-2-20(22)21-3-4-26(47)43-29(21)48)13-45-9-6-19(7-10-45)46-14-23(27(44-46)28(34)35)41-30(49)24-15-50-31(42-24)18-5-8-39-25(12-18)40-16-32(36,37)38/h1-2,5,8,11-12,14-15,19,21,28H,3-4,6-7,9-10,13,16H2,(H,39,40)(H,41,49)(H,43,47,48). The van der Waals surface area contributed by atoms with Crippen molar-refractivity contribution in [1.82, 2.24) is 30.0 Å². The Balaban J connectivity index is 1.06. The van der Waals surface area contributed by atoms with Crippen molar-refractivity contribution in [2.24, 2.45) is 0 Å². The second kappa shape index (κ2) is 14.3. The van der Waals surface area contributed by atoms with E-state index in [-0.39, 0.29) is 59.0 Å². The predicted octanol–water partition coefficient (Wildman–Crippen LogP) is 5.59. The van der Waals surface area contributed by atoms with Gasteiger partial charge in [-0.2, -0.15) is 18.3 Å². The number of nitrogens with zero attached hydrogens (tertiary/aromatic N) is 5. The summed E-state index contributed by atoms with van der Waals surface area (Å²) in [6.45, 7) is 0.216. The molecule has 3 aromatic heterocycles. The van der Waals surface area contributed by atoms with Crippen LogP contribution in [0.4, 0.5) is 37.8 Å². The first-order valence-corrected chi connectivity index (χ1v) is 15.6. The molecule has 18 heteroatoms. The molecule has 2 fully saturated rings. The summed E-state index contributed by atoms with van der Waals surface area (Å²) in [6.07, 6.45) is -2.47. The zero-order valence-electron chi connectivity index (χ0n) is 26.1. The highest BCUT2D eigenvalue weighted by Crippen LogP contribution is 2.32. The van der Waals surface area contributed by atoms with Crippen molar-refractivity contribution >= 4 is 29.2 Å². The van der Waals surface area contributed by atoms with E-state index in [2.05, 4.69) is 35.9 Å². The number of hydrogen-bond acceptors (Lipinski definition) is 9. The number of carbonyl (C=O) groups excluding carboxylic acids is 3. The lowest BCUT2D eigenvalue weighted by Gasteiger charge is -2.32. The molecule has 264 valence electrons. The van der Waals surface area contributed by atoms with Gasteiger partial charge in [0.05, 0.1) is 17.6 Å². The van der Waals surface area contributed by atoms with Crippen LogP contribution in [-0.4, -0.2) is 68.2 Å². The van der Waals surface area contributed by atoms with E-state index >= 15 is 0 Å². The fourth-order valence-electron chi connectivity index (χ4n) is 5.94. The molecule has 1 unspecified atom stereocenters. The van der Waals surface area contributed by atoms with E-state index in [1.54, 1.807) is 12.1 Å². The normalized spacial score (nSPS) is 17.6. The van der Waals surface area contributed by atoms with E-state index in [1.807, 2.05) is 0 Å². The number of piperidine rings is 2. The number of oxazole rings is 1. The number of halogens is 6. The van der Waals surface area contributed by atoms with Gasteiger partial charge >= 0.3 is 6.18 Å². The van der Waals surface area contributed by atoms with Crippen LogP contribution in [0.1, 0.15) is 71.4 Å². The molecule has 3 N–H and O–H groups in total. The number of pyridine rings is 1. The van der Waals surface area contributed by atoms with Gasteiger partial charge in [-0.25, -0.2) is 23.1 Å². The average molecular weight is 705 g/mol. The van der Waals surface area contributed by atoms with Crippen molar-refractivity contribution in [3.8, 4) is 11.5 Å². The van der Waals surface area contributed by atoms with Gasteiger partial charge in [0.15, 0.2) is 11.4 Å². The van der Waals surface area contributed by atoms with Crippen molar-refractivity contribution in [3.63, 3.8) is 0 Å². The smallest absolute Gasteiger partial charge is 0.405 e. The highest BCUT2D eigenvalue weighted by atomic mass is 19.4. The fourth-order valence-corrected chi connectivity index (χ4v) is 5.94. The van der Waals surface area contributed by atoms with E-state index in [0.717, 1.165) is 6.26 Å². The Morgan fingerprint density at radius 3 is 2.58 bits per heavy atom. The Morgan fingerprint density at radius 1 is 1.10 bits per heavy atom. The highest BCUT2D eigenvalue weighted by Gasteiger charge is 2.31. The lowest BCUT2D eigenvalue weighted by Crippen LogP contribution is -2.39. The molecule has 2 saturated heterocycles. The number of imide groups is 1. The van der Waals surface area contributed by atoms with Gasteiger partial charge in [-0.3, -0.25) is 29.3 Å². The first-order valence-electron chi connectivity index (χ1n) is 15.6. The summed E-state index contributed by atoms with van der Waals surface area (Å²) in [6, 6.07) is 7.10. The number of anilines is 2. The van der Waals surface area contributed by atoms with Gasteiger partial charge < -0.3 is 15.1 Å². The van der Waals surface area contributed by atoms with Gasteiger partial charge in [-0.05, 0) is 43.0 Å². The maximum atomic E-state index is 15.0. The Labute approximate surface area is 280 Å². The molecule has 4 aromatic rings. The molecule has 50 heavy (non-hydrogen) atoms. The van der Waals surface area contributed by atoms with Crippen molar-refractivity contribution in [1.29, 1.82) is 0 Å². The number of nitrogens with one attached hydrogen (secondary N) is 3. The van der Waals surface area contributed by atoms with Gasteiger partial charge in [-0.15, -0.1) is 0 Å². The Morgan fingerprint density at radius 2 is 1.88 bits per heavy atom. The van der Waals surface area contributed by atoms with Crippen molar-refractivity contribution in [3.05, 3.63) is 77.3 Å². The molecule has 0 bridgehead atoms. The van der Waals surface area contributed by atoms with Crippen molar-refractivity contribution < 1.29 is 45.1 Å². The van der Waals surface area contributed by atoms with Crippen LogP contribution in [-0.2, 0) is 16.1 Å². The first kappa shape index (κ1) is 34.6. The molecule has 2 aliphatic heterocycles. The molecule has 0 saturated carbocycles. The summed E-state index contributed by atoms with van der Waals surface area (Å²) >= 11 is 0. The average Bonchev–Trinajstić information content (AvgIpc) is 3.73. The van der Waals surface area contributed by atoms with E-state index in [4.69, 9.17) is 4.42 Å². The van der Waals surface area contributed by atoms with Crippen LogP contribution in [0, 0.1) is 5.82 Å². The van der Waals surface area contributed by atoms with E-state index in [9.17, 15) is 40.7 Å². The topological polar surface area (TPSA) is 147 Å². The van der Waals surface area contributed by atoms with Gasteiger partial charge in [-0.1, -0.05) is 12.1 Å². The van der Waals surface area contributed by atoms with Crippen LogP contribution in [0.15, 0.2) is 53.4 Å². The molecule has 12 nitrogen and oxygen atoms in total. The summed E-state index contributed by atoms with van der Waals surface area (Å²) in [7, 11) is 0. The Kier molecular flexibility index (Phi) is 9.90. The van der Waals surface area contributed by atoms with Crippen LogP contribution in [0.2, 0.25) is 0 Å². The van der Waals surface area contributed by atoms with Crippen LogP contribution < -0.4 is 16.0 Å². The molecule has 6 rings (SSSR count). The van der Waals surface area contributed by atoms with Crippen molar-refractivity contribution in [2.45, 2.75) is 56.8 Å². The lowest BCUT2D eigenvalue weighted by atomic mass is 9.89. The van der Waals surface area contributed by atoms with Crippen LogP contribution in [0.25, 0.3) is 11.5 Å². The zero-order valence-corrected chi connectivity index (χ0v) is 26.1. The summed E-state index contributed by atoms with van der Waals surface area (Å²) in [4.78, 5) is 46.5. The number of rotatable bonds is 10. The number of likely N-dealkylation sites (tertiary alicyclic amines) is 1. The highest BCUT2D eigenvalue weighted by molar-refractivity contribution is 6.03. The van der Waals surface area contributed by atoms with Crippen LogP contribution in [0.3, 0.4) is 0 Å². The van der Waals surface area contributed by atoms with Gasteiger partial charge in [0, 0.05) is 49.6 Å². The number of alkyl halides is 5. The van der Waals surface area contributed by atoms with Crippen molar-refractivity contribution in [2.75, 3.05) is 30.3 Å². The Bertz CT molecular complexity index is 1890. The molecular weight excluding hydrogens is 674 g/mol. The second-order valence-corrected chi connectivity index (χ2v) is 12.0. The van der Waals surface area contributed by atoms with E-state index < -0.39 is 48.4 Å². The van der Waals surface area contributed by atoms with Crippen LogP contribution in [0.5, 0.6) is 0 Å². The first-order chi connectivity index (χ1) is 23.8. The summed E-state index contributed by atoms with van der Waals surface area (Å²) in [5.41, 5.74) is 0.0485. The van der Waals surface area contributed by atoms with Gasteiger partial charge in [0.2, 0.25) is 17.7 Å². The largest absolute Gasteiger partial charge is 0.444 e. The summed E-state index contributed by atoms with van der Waals surface area (Å²) in [5, 5.41) is 10.8. The van der Waals surface area contributed by atoms with Gasteiger partial charge in [0.1, 0.15) is 24.4 Å². The zero-order chi connectivity index (χ0) is 35.6. The Hall–Kier alpha value is -5.26. The number of amides is 3. The number of aromatic nitrogens is 4. The lowest BCUT2D eigenvalue weighted by molar-refractivity contribution is -0.134. The molecule has 5 heterocycles. The monoisotopic (exact) mass is 704 g/mol. The number of hydrogen-bond donors (Lipinski definition) is 3. The number of benzene rings is 1. The number of carbonyl (C=O) groups is 3. The summed E-state index contributed by atoms with van der Waals surface area (Å²) in [5.74, 6) is -3.21. The third kappa shape index (κ3) is 8.12. The third-order valence-electron chi connectivity index (χ3n) is 8.45. The molecule has 1 atom stereocenters. The second-order valence-electron chi connectivity index (χ2n) is 12.0. The minimum atomic E-state index is -4.47. The maximum Gasteiger partial charge on any atom is 0.405 e. The molecule has 1 aromatic carbocycles. The molecule has 0 radical (unpaired) electrons. The van der Waals surface area contributed by atoms with E-state index in [0.29, 0.717) is 38.0 Å². The molecular formula is C32H30F6N8O4. The molecule has 2 aliphatic rings. The third-order valence-corrected chi connectivity index (χ3v) is 8.45. The van der Waals surface area contributed by atoms with Crippen LogP contribution >= 0.6 is 0 Å². The molecule has 0 spiro atoms. The molecule has 3 amide bonds. The maximum absolute atomic E-state index is 15.0. The molecule has 0 aliphatic carbocycles. The van der Waals surface area contributed by atoms with Gasteiger partial charge in [0.25, 0.3) is 12.3 Å². The minimum Gasteiger partial charge on any atom is -0.444 e. The predicted molar refractivity (Wildman–Crippen MR) is 164 cm³/mol. The summed E-state index contributed by atoms with van der Waals surface area (Å²) < 4.78 is 87.2. The fraction of sp³-hybridized carbons (Fsp3) is 0.375. The SMILES string of the molecule is O=C1CCC(c2ccc(CN3CCC(n4cc(NC(=O)c5coc(-c6ccnc(NCC(F)(F)F)c6)n5)c(C(F)F)n4)CC3)cc2F)C(=O)N1. The quantitative estimate of drug-likeness (QED) is 0.142. The van der Waals surface area contributed by atoms with E-state index in [1.165, 1.54) is 35.3 Å².